The van der Waals surface area contributed by atoms with Crippen molar-refractivity contribution in [2.24, 2.45) is 5.73 Å². The van der Waals surface area contributed by atoms with Crippen molar-refractivity contribution in [3.8, 4) is 5.75 Å². The van der Waals surface area contributed by atoms with Crippen molar-refractivity contribution in [2.75, 3.05) is 12.3 Å². The summed E-state index contributed by atoms with van der Waals surface area (Å²) in [5.41, 5.74) is 10.0. The molecule has 4 N–H and O–H groups in total. The molecule has 6 nitrogen and oxygen atoms in total. The van der Waals surface area contributed by atoms with Gasteiger partial charge in [0.25, 0.3) is 0 Å². The molecule has 0 aliphatic rings. The van der Waals surface area contributed by atoms with E-state index < -0.39 is 18.1 Å². The molecule has 19 heavy (non-hydrogen) atoms. The van der Waals surface area contributed by atoms with Crippen LogP contribution in [0.4, 0.5) is 19.0 Å². The van der Waals surface area contributed by atoms with E-state index in [1.165, 1.54) is 0 Å². The SMILES string of the molecule is CCOC(=O)c1nc(N)cc(OC(F)(F)F)c1CN. The summed E-state index contributed by atoms with van der Waals surface area (Å²) in [5.74, 6) is -1.88. The van der Waals surface area contributed by atoms with Crippen molar-refractivity contribution in [1.29, 1.82) is 0 Å². The third-order valence-electron chi connectivity index (χ3n) is 2.00. The molecule has 1 rings (SSSR count). The number of pyridine rings is 1. The highest BCUT2D eigenvalue weighted by Gasteiger charge is 2.33. The lowest BCUT2D eigenvalue weighted by atomic mass is 10.1. The van der Waals surface area contributed by atoms with Crippen LogP contribution < -0.4 is 16.2 Å². The molecule has 0 aliphatic carbocycles. The van der Waals surface area contributed by atoms with Crippen molar-refractivity contribution in [2.45, 2.75) is 19.8 Å². The molecule has 0 unspecified atom stereocenters. The van der Waals surface area contributed by atoms with E-state index in [1.807, 2.05) is 0 Å². The number of rotatable bonds is 4. The lowest BCUT2D eigenvalue weighted by Crippen LogP contribution is -2.21. The van der Waals surface area contributed by atoms with Crippen LogP contribution in [0.3, 0.4) is 0 Å². The van der Waals surface area contributed by atoms with E-state index in [0.717, 1.165) is 6.07 Å². The zero-order chi connectivity index (χ0) is 14.6. The first-order valence-electron chi connectivity index (χ1n) is 5.20. The number of halogens is 3. The molecule has 1 aromatic heterocycles. The Morgan fingerprint density at radius 3 is 2.58 bits per heavy atom. The summed E-state index contributed by atoms with van der Waals surface area (Å²) in [4.78, 5) is 15.2. The predicted molar refractivity (Wildman–Crippen MR) is 59.2 cm³/mol. The van der Waals surface area contributed by atoms with Crippen LogP contribution in [0.1, 0.15) is 23.0 Å². The molecular weight excluding hydrogens is 267 g/mol. The Morgan fingerprint density at radius 1 is 1.47 bits per heavy atom. The number of anilines is 1. The van der Waals surface area contributed by atoms with Crippen LogP contribution in [0, 0.1) is 0 Å². The Bertz CT molecular complexity index is 477. The summed E-state index contributed by atoms with van der Waals surface area (Å²) in [7, 11) is 0. The summed E-state index contributed by atoms with van der Waals surface area (Å²) in [5, 5.41) is 0. The number of aromatic nitrogens is 1. The molecule has 9 heteroatoms. The standard InChI is InChI=1S/C10H12F3N3O3/c1-2-18-9(17)8-5(4-14)6(3-7(15)16-8)19-10(11,12)13/h3H,2,4,14H2,1H3,(H2,15,16). The monoisotopic (exact) mass is 279 g/mol. The number of nitrogens with two attached hydrogens (primary N) is 2. The first kappa shape index (κ1) is 15.0. The number of alkyl halides is 3. The normalized spacial score (nSPS) is 11.2. The number of carbonyl (C=O) groups is 1. The molecular formula is C10H12F3N3O3. The number of hydrogen-bond acceptors (Lipinski definition) is 6. The minimum absolute atomic E-state index is 0.0365. The maximum absolute atomic E-state index is 12.2. The van der Waals surface area contributed by atoms with Gasteiger partial charge in [0.2, 0.25) is 0 Å². The minimum atomic E-state index is -4.93. The third kappa shape index (κ3) is 3.98. The molecule has 0 aromatic carbocycles. The van der Waals surface area contributed by atoms with E-state index in [4.69, 9.17) is 11.5 Å². The molecule has 1 aromatic rings. The van der Waals surface area contributed by atoms with Gasteiger partial charge in [-0.1, -0.05) is 0 Å². The number of nitrogen functional groups attached to an aromatic ring is 1. The van der Waals surface area contributed by atoms with E-state index in [2.05, 4.69) is 14.5 Å². The number of carbonyl (C=O) groups excluding carboxylic acids is 1. The van der Waals surface area contributed by atoms with Crippen LogP contribution in [0.5, 0.6) is 5.75 Å². The van der Waals surface area contributed by atoms with Gasteiger partial charge in [-0.2, -0.15) is 0 Å². The fourth-order valence-corrected chi connectivity index (χ4v) is 1.35. The van der Waals surface area contributed by atoms with Crippen LogP contribution in [0.15, 0.2) is 6.07 Å². The Kier molecular flexibility index (Phi) is 4.54. The molecule has 0 aliphatic heterocycles. The van der Waals surface area contributed by atoms with Gasteiger partial charge in [0.1, 0.15) is 11.6 Å². The molecule has 0 saturated carbocycles. The first-order chi connectivity index (χ1) is 8.78. The van der Waals surface area contributed by atoms with Gasteiger partial charge in [0.15, 0.2) is 5.69 Å². The Labute approximate surface area is 106 Å². The Hall–Kier alpha value is -2.03. The van der Waals surface area contributed by atoms with Crippen LogP contribution in [0.25, 0.3) is 0 Å². The largest absolute Gasteiger partial charge is 0.573 e. The van der Waals surface area contributed by atoms with Crippen LogP contribution in [-0.2, 0) is 11.3 Å². The number of ether oxygens (including phenoxy) is 2. The fourth-order valence-electron chi connectivity index (χ4n) is 1.35. The van der Waals surface area contributed by atoms with Crippen molar-refractivity contribution >= 4 is 11.8 Å². The maximum Gasteiger partial charge on any atom is 0.573 e. The van der Waals surface area contributed by atoms with Crippen LogP contribution in [-0.4, -0.2) is 23.9 Å². The lowest BCUT2D eigenvalue weighted by molar-refractivity contribution is -0.274. The zero-order valence-electron chi connectivity index (χ0n) is 9.95. The van der Waals surface area contributed by atoms with Gasteiger partial charge in [0, 0.05) is 18.2 Å². The second kappa shape index (κ2) is 5.74. The van der Waals surface area contributed by atoms with Gasteiger partial charge in [-0.25, -0.2) is 9.78 Å². The van der Waals surface area contributed by atoms with Gasteiger partial charge in [-0.15, -0.1) is 13.2 Å². The van der Waals surface area contributed by atoms with Gasteiger partial charge in [-0.3, -0.25) is 0 Å². The molecule has 0 atom stereocenters. The van der Waals surface area contributed by atoms with Crippen LogP contribution >= 0.6 is 0 Å². The second-order valence-corrected chi connectivity index (χ2v) is 3.34. The van der Waals surface area contributed by atoms with E-state index in [1.54, 1.807) is 6.92 Å². The van der Waals surface area contributed by atoms with Gasteiger partial charge in [-0.05, 0) is 6.92 Å². The molecule has 0 amide bonds. The van der Waals surface area contributed by atoms with Crippen molar-refractivity contribution < 1.29 is 27.4 Å². The zero-order valence-corrected chi connectivity index (χ0v) is 9.95. The summed E-state index contributed by atoms with van der Waals surface area (Å²) < 4.78 is 45.1. The molecule has 106 valence electrons. The fraction of sp³-hybridized carbons (Fsp3) is 0.400. The van der Waals surface area contributed by atoms with Crippen LogP contribution in [0.2, 0.25) is 0 Å². The molecule has 0 spiro atoms. The van der Waals surface area contributed by atoms with E-state index in [0.29, 0.717) is 0 Å². The first-order valence-corrected chi connectivity index (χ1v) is 5.20. The smallest absolute Gasteiger partial charge is 0.461 e. The highest BCUT2D eigenvalue weighted by atomic mass is 19.4. The quantitative estimate of drug-likeness (QED) is 0.803. The van der Waals surface area contributed by atoms with Crippen molar-refractivity contribution in [3.05, 3.63) is 17.3 Å². The maximum atomic E-state index is 12.2. The topological polar surface area (TPSA) is 100 Å². The predicted octanol–water partition coefficient (Wildman–Crippen LogP) is 1.20. The summed E-state index contributed by atoms with van der Waals surface area (Å²) >= 11 is 0. The number of esters is 1. The summed E-state index contributed by atoms with van der Waals surface area (Å²) in [6.07, 6.45) is -4.93. The van der Waals surface area contributed by atoms with Gasteiger partial charge < -0.3 is 20.9 Å². The van der Waals surface area contributed by atoms with Gasteiger partial charge in [0.05, 0.1) is 6.61 Å². The number of nitrogens with zero attached hydrogens (tertiary/aromatic N) is 1. The second-order valence-electron chi connectivity index (χ2n) is 3.34. The lowest BCUT2D eigenvalue weighted by Gasteiger charge is -2.15. The van der Waals surface area contributed by atoms with E-state index in [9.17, 15) is 18.0 Å². The summed E-state index contributed by atoms with van der Waals surface area (Å²) in [6.45, 7) is 1.20. The molecule has 0 radical (unpaired) electrons. The molecule has 0 bridgehead atoms. The highest BCUT2D eigenvalue weighted by Crippen LogP contribution is 2.29. The number of hydrogen-bond donors (Lipinski definition) is 2. The van der Waals surface area contributed by atoms with Gasteiger partial charge >= 0.3 is 12.3 Å². The Morgan fingerprint density at radius 2 is 2.11 bits per heavy atom. The highest BCUT2D eigenvalue weighted by molar-refractivity contribution is 5.90. The van der Waals surface area contributed by atoms with E-state index >= 15 is 0 Å². The molecule has 0 saturated heterocycles. The summed E-state index contributed by atoms with van der Waals surface area (Å²) in [6, 6.07) is 0.846. The average molecular weight is 279 g/mol. The molecule has 1 heterocycles. The third-order valence-corrected chi connectivity index (χ3v) is 2.00. The minimum Gasteiger partial charge on any atom is -0.461 e. The average Bonchev–Trinajstić information content (AvgIpc) is 2.26. The van der Waals surface area contributed by atoms with E-state index in [-0.39, 0.29) is 30.2 Å². The Balaban J connectivity index is 3.28. The van der Waals surface area contributed by atoms with Crippen molar-refractivity contribution in [3.63, 3.8) is 0 Å². The van der Waals surface area contributed by atoms with Crippen molar-refractivity contribution in [1.82, 2.24) is 4.98 Å². The molecule has 0 fully saturated rings.